The van der Waals surface area contributed by atoms with E-state index in [1.807, 2.05) is 61.5 Å². The van der Waals surface area contributed by atoms with Crippen LogP contribution in [0.5, 0.6) is 0 Å². The summed E-state index contributed by atoms with van der Waals surface area (Å²) < 4.78 is 0. The van der Waals surface area contributed by atoms with Crippen molar-refractivity contribution in [3.63, 3.8) is 0 Å². The van der Waals surface area contributed by atoms with E-state index in [0.717, 1.165) is 17.7 Å². The first-order valence-electron chi connectivity index (χ1n) is 9.24. The molecule has 0 spiro atoms. The Kier molecular flexibility index (Phi) is 5.22. The lowest BCUT2D eigenvalue weighted by Gasteiger charge is -2.34. The van der Waals surface area contributed by atoms with Crippen LogP contribution in [0.4, 0.5) is 11.4 Å². The number of nitrogens with zero attached hydrogens (tertiary/aromatic N) is 2. The maximum absolute atomic E-state index is 13.1. The minimum absolute atomic E-state index is 0.139. The Bertz CT molecular complexity index is 841. The van der Waals surface area contributed by atoms with E-state index in [-0.39, 0.29) is 11.8 Å². The number of carbonyl (C=O) groups excluding carboxylic acids is 2. The summed E-state index contributed by atoms with van der Waals surface area (Å²) in [6.45, 7) is 4.59. The normalized spacial score (nSPS) is 13.7. The Morgan fingerprint density at radius 2 is 1.63 bits per heavy atom. The van der Waals surface area contributed by atoms with Crippen LogP contribution in [0.3, 0.4) is 0 Å². The zero-order valence-electron chi connectivity index (χ0n) is 16.5. The van der Waals surface area contributed by atoms with Crippen molar-refractivity contribution in [2.45, 2.75) is 26.8 Å². The van der Waals surface area contributed by atoms with E-state index in [1.54, 1.807) is 18.7 Å². The predicted octanol–water partition coefficient (Wildman–Crippen LogP) is 3.30. The second kappa shape index (κ2) is 7.43. The molecule has 0 aliphatic carbocycles. The second-order valence-corrected chi connectivity index (χ2v) is 7.77. The van der Waals surface area contributed by atoms with Gasteiger partial charge in [-0.25, -0.2) is 0 Å². The summed E-state index contributed by atoms with van der Waals surface area (Å²) in [5, 5.41) is 2.88. The number of benzene rings is 2. The van der Waals surface area contributed by atoms with E-state index >= 15 is 0 Å². The van der Waals surface area contributed by atoms with Gasteiger partial charge in [-0.15, -0.1) is 0 Å². The number of rotatable bonds is 4. The Balaban J connectivity index is 1.69. The van der Waals surface area contributed by atoms with Gasteiger partial charge in [0.15, 0.2) is 0 Å². The number of hydrogen-bond donors (Lipinski definition) is 1. The molecule has 0 atom stereocenters. The molecule has 2 aromatic carbocycles. The molecule has 142 valence electrons. The third-order valence-corrected chi connectivity index (χ3v) is 5.16. The Morgan fingerprint density at radius 3 is 2.26 bits per heavy atom. The Labute approximate surface area is 161 Å². The number of nitrogens with one attached hydrogen (secondary N) is 1. The largest absolute Gasteiger partial charge is 0.378 e. The van der Waals surface area contributed by atoms with Crippen LogP contribution in [0, 0.1) is 5.41 Å². The van der Waals surface area contributed by atoms with Crippen molar-refractivity contribution in [2.75, 3.05) is 30.9 Å². The summed E-state index contributed by atoms with van der Waals surface area (Å²) in [6.07, 6.45) is 0.825. The number of fused-ring (bicyclic) bond motifs is 1. The molecule has 0 fully saturated rings. The molecule has 1 aliphatic heterocycles. The van der Waals surface area contributed by atoms with E-state index < -0.39 is 5.41 Å². The summed E-state index contributed by atoms with van der Waals surface area (Å²) in [4.78, 5) is 29.7. The van der Waals surface area contributed by atoms with E-state index in [4.69, 9.17) is 0 Å². The first-order chi connectivity index (χ1) is 12.8. The first kappa shape index (κ1) is 19.0. The van der Waals surface area contributed by atoms with Crippen molar-refractivity contribution in [3.8, 4) is 0 Å². The van der Waals surface area contributed by atoms with Crippen LogP contribution in [-0.4, -0.2) is 37.4 Å². The maximum atomic E-state index is 13.1. The molecular weight excluding hydrogens is 338 g/mol. The molecule has 0 unspecified atom stereocenters. The highest BCUT2D eigenvalue weighted by Crippen LogP contribution is 2.27. The van der Waals surface area contributed by atoms with Crippen LogP contribution in [0.1, 0.15) is 25.0 Å². The maximum Gasteiger partial charge on any atom is 0.239 e. The van der Waals surface area contributed by atoms with Crippen LogP contribution < -0.4 is 10.2 Å². The second-order valence-electron chi connectivity index (χ2n) is 7.77. The molecule has 2 aromatic rings. The molecule has 27 heavy (non-hydrogen) atoms. The number of carbonyl (C=O) groups is 2. The van der Waals surface area contributed by atoms with Crippen LogP contribution in [0.2, 0.25) is 0 Å². The summed E-state index contributed by atoms with van der Waals surface area (Å²) in [5.74, 6) is -0.427. The molecule has 5 nitrogen and oxygen atoms in total. The van der Waals surface area contributed by atoms with Crippen molar-refractivity contribution in [2.24, 2.45) is 5.41 Å². The molecule has 2 amide bonds. The molecule has 1 heterocycles. The van der Waals surface area contributed by atoms with Crippen molar-refractivity contribution in [1.82, 2.24) is 4.90 Å². The van der Waals surface area contributed by atoms with Gasteiger partial charge >= 0.3 is 0 Å². The first-order valence-corrected chi connectivity index (χ1v) is 9.24. The summed E-state index contributed by atoms with van der Waals surface area (Å²) in [6, 6.07) is 15.7. The van der Waals surface area contributed by atoms with E-state index in [0.29, 0.717) is 18.8 Å². The lowest BCUT2D eigenvalue weighted by atomic mass is 9.88. The Hall–Kier alpha value is -2.82. The molecule has 0 saturated carbocycles. The van der Waals surface area contributed by atoms with Gasteiger partial charge in [0.2, 0.25) is 11.8 Å². The highest BCUT2D eigenvalue weighted by Gasteiger charge is 2.40. The molecule has 0 radical (unpaired) electrons. The highest BCUT2D eigenvalue weighted by molar-refractivity contribution is 6.09. The molecule has 5 heteroatoms. The van der Waals surface area contributed by atoms with Gasteiger partial charge in [0.25, 0.3) is 0 Å². The minimum Gasteiger partial charge on any atom is -0.378 e. The van der Waals surface area contributed by atoms with Crippen LogP contribution >= 0.6 is 0 Å². The van der Waals surface area contributed by atoms with Gasteiger partial charge in [-0.3, -0.25) is 9.59 Å². The number of hydrogen-bond acceptors (Lipinski definition) is 3. The molecule has 0 bridgehead atoms. The average molecular weight is 365 g/mol. The molecule has 3 rings (SSSR count). The molecule has 0 aromatic heterocycles. The van der Waals surface area contributed by atoms with Crippen molar-refractivity contribution in [1.29, 1.82) is 0 Å². The van der Waals surface area contributed by atoms with E-state index in [2.05, 4.69) is 11.4 Å². The molecule has 1 aliphatic rings. The van der Waals surface area contributed by atoms with Gasteiger partial charge in [-0.2, -0.15) is 0 Å². The van der Waals surface area contributed by atoms with E-state index in [9.17, 15) is 9.59 Å². The fourth-order valence-corrected chi connectivity index (χ4v) is 3.29. The fraction of sp³-hybridized carbons (Fsp3) is 0.364. The standard InChI is InChI=1S/C22H27N3O2/c1-22(2,20(26)23-18-9-11-19(12-10-18)24(3)4)21(27)25-14-13-16-7-5-6-8-17(16)15-25/h5-12H,13-15H2,1-4H3,(H,23,26). The quantitative estimate of drug-likeness (QED) is 0.846. The summed E-state index contributed by atoms with van der Waals surface area (Å²) in [5.41, 5.74) is 3.05. The highest BCUT2D eigenvalue weighted by atomic mass is 16.2. The summed E-state index contributed by atoms with van der Waals surface area (Å²) >= 11 is 0. The summed E-state index contributed by atoms with van der Waals surface area (Å²) in [7, 11) is 3.93. The smallest absolute Gasteiger partial charge is 0.239 e. The van der Waals surface area contributed by atoms with Gasteiger partial charge in [-0.1, -0.05) is 24.3 Å². The van der Waals surface area contributed by atoms with Gasteiger partial charge in [-0.05, 0) is 55.7 Å². The average Bonchev–Trinajstić information content (AvgIpc) is 2.67. The monoisotopic (exact) mass is 365 g/mol. The zero-order valence-corrected chi connectivity index (χ0v) is 16.5. The molecule has 1 N–H and O–H groups in total. The van der Waals surface area contributed by atoms with Gasteiger partial charge in [0, 0.05) is 38.6 Å². The topological polar surface area (TPSA) is 52.7 Å². The lowest BCUT2D eigenvalue weighted by molar-refractivity contribution is -0.147. The van der Waals surface area contributed by atoms with Crippen LogP contribution in [0.15, 0.2) is 48.5 Å². The predicted molar refractivity (Wildman–Crippen MR) is 109 cm³/mol. The lowest BCUT2D eigenvalue weighted by Crippen LogP contribution is -2.48. The van der Waals surface area contributed by atoms with Crippen molar-refractivity contribution < 1.29 is 9.59 Å². The van der Waals surface area contributed by atoms with Gasteiger partial charge < -0.3 is 15.1 Å². The van der Waals surface area contributed by atoms with E-state index in [1.165, 1.54) is 5.56 Å². The SMILES string of the molecule is CN(C)c1ccc(NC(=O)C(C)(C)C(=O)N2CCc3ccccc3C2)cc1. The third kappa shape index (κ3) is 3.97. The Morgan fingerprint density at radius 1 is 1.00 bits per heavy atom. The molecule has 0 saturated heterocycles. The zero-order chi connectivity index (χ0) is 19.6. The van der Waals surface area contributed by atoms with Crippen LogP contribution in [0.25, 0.3) is 0 Å². The van der Waals surface area contributed by atoms with Crippen molar-refractivity contribution in [3.05, 3.63) is 59.7 Å². The third-order valence-electron chi connectivity index (χ3n) is 5.16. The number of amides is 2. The van der Waals surface area contributed by atoms with Crippen LogP contribution in [-0.2, 0) is 22.6 Å². The van der Waals surface area contributed by atoms with Gasteiger partial charge in [0.05, 0.1) is 0 Å². The van der Waals surface area contributed by atoms with Gasteiger partial charge in [0.1, 0.15) is 5.41 Å². The number of anilines is 2. The minimum atomic E-state index is -1.13. The fourth-order valence-electron chi connectivity index (χ4n) is 3.29. The molecular formula is C22H27N3O2. The van der Waals surface area contributed by atoms with Crippen molar-refractivity contribution >= 4 is 23.2 Å².